The normalized spacial score (nSPS) is 12.1. The van der Waals surface area contributed by atoms with E-state index in [0.29, 0.717) is 6.54 Å². The van der Waals surface area contributed by atoms with Crippen LogP contribution in [0.2, 0.25) is 0 Å². The third-order valence-electron chi connectivity index (χ3n) is 3.72. The number of hydrogen-bond acceptors (Lipinski definition) is 5. The van der Waals surface area contributed by atoms with Gasteiger partial charge in [0.25, 0.3) is 0 Å². The van der Waals surface area contributed by atoms with Crippen molar-refractivity contribution in [3.05, 3.63) is 63.3 Å². The monoisotopic (exact) mass is 388 g/mol. The average molecular weight is 389 g/mol. The molecule has 6 heteroatoms. The van der Waals surface area contributed by atoms with Crippen LogP contribution in [0.25, 0.3) is 10.6 Å². The number of hydrogen-bond donors (Lipinski definition) is 1. The zero-order valence-corrected chi connectivity index (χ0v) is 16.6. The maximum Gasteiger partial charge on any atom is 0.233 e. The van der Waals surface area contributed by atoms with E-state index < -0.39 is 0 Å². The Bertz CT molecular complexity index is 810. The Labute approximate surface area is 160 Å². The smallest absolute Gasteiger partial charge is 0.233 e. The molecule has 3 nitrogen and oxygen atoms in total. The van der Waals surface area contributed by atoms with Gasteiger partial charge in [-0.3, -0.25) is 4.79 Å². The van der Waals surface area contributed by atoms with Crippen molar-refractivity contribution < 1.29 is 4.79 Å². The molecular formula is C19H20N2OS3. The van der Waals surface area contributed by atoms with Gasteiger partial charge < -0.3 is 5.32 Å². The van der Waals surface area contributed by atoms with E-state index in [-0.39, 0.29) is 11.2 Å². The molecule has 0 bridgehead atoms. The Kier molecular flexibility index (Phi) is 6.29. The van der Waals surface area contributed by atoms with Crippen LogP contribution in [0.3, 0.4) is 0 Å². The van der Waals surface area contributed by atoms with Gasteiger partial charge in [0.1, 0.15) is 5.01 Å². The highest BCUT2D eigenvalue weighted by molar-refractivity contribution is 7.99. The zero-order valence-electron chi connectivity index (χ0n) is 14.2. The molecule has 1 amide bonds. The van der Waals surface area contributed by atoms with E-state index in [4.69, 9.17) is 4.98 Å². The van der Waals surface area contributed by atoms with E-state index in [9.17, 15) is 4.79 Å². The second kappa shape index (κ2) is 8.65. The highest BCUT2D eigenvalue weighted by Crippen LogP contribution is 2.26. The SMILES string of the molecule is Cc1ccc(-c2nc(CSC(C)C(=O)NCc3cccs3)cs2)cc1. The average Bonchev–Trinajstić information content (AvgIpc) is 3.30. The van der Waals surface area contributed by atoms with Crippen LogP contribution in [0.15, 0.2) is 47.2 Å². The lowest BCUT2D eigenvalue weighted by Crippen LogP contribution is -2.30. The molecule has 3 aromatic rings. The fourth-order valence-electron chi connectivity index (χ4n) is 2.22. The highest BCUT2D eigenvalue weighted by Gasteiger charge is 2.14. The Balaban J connectivity index is 1.49. The van der Waals surface area contributed by atoms with Crippen LogP contribution in [0.4, 0.5) is 0 Å². The third kappa shape index (κ3) is 5.17. The molecule has 1 N–H and O–H groups in total. The number of carbonyl (C=O) groups excluding carboxylic acids is 1. The predicted octanol–water partition coefficient (Wildman–Crippen LogP) is 5.12. The van der Waals surface area contributed by atoms with Gasteiger partial charge in [-0.1, -0.05) is 35.9 Å². The van der Waals surface area contributed by atoms with E-state index in [1.165, 1.54) is 10.4 Å². The highest BCUT2D eigenvalue weighted by atomic mass is 32.2. The number of nitrogens with one attached hydrogen (secondary N) is 1. The van der Waals surface area contributed by atoms with Crippen LogP contribution in [0, 0.1) is 6.92 Å². The number of thioether (sulfide) groups is 1. The van der Waals surface area contributed by atoms with Gasteiger partial charge in [-0.2, -0.15) is 0 Å². The summed E-state index contributed by atoms with van der Waals surface area (Å²) < 4.78 is 0. The maximum absolute atomic E-state index is 12.2. The fraction of sp³-hybridized carbons (Fsp3) is 0.263. The van der Waals surface area contributed by atoms with Gasteiger partial charge in [-0.15, -0.1) is 34.4 Å². The number of benzene rings is 1. The fourth-order valence-corrected chi connectivity index (χ4v) is 4.60. The Morgan fingerprint density at radius 1 is 1.24 bits per heavy atom. The number of thiazole rings is 1. The third-order valence-corrected chi connectivity index (χ3v) is 6.71. The molecule has 1 unspecified atom stereocenters. The minimum atomic E-state index is -0.0931. The standard InChI is InChI=1S/C19H20N2OS3/c1-13-5-7-15(8-6-13)19-21-16(12-25-19)11-24-14(2)18(22)20-10-17-4-3-9-23-17/h3-9,12,14H,10-11H2,1-2H3,(H,20,22). The summed E-state index contributed by atoms with van der Waals surface area (Å²) in [6, 6.07) is 12.4. The van der Waals surface area contributed by atoms with Crippen LogP contribution in [-0.4, -0.2) is 16.1 Å². The molecule has 0 aliphatic heterocycles. The van der Waals surface area contributed by atoms with Crippen LogP contribution < -0.4 is 5.32 Å². The van der Waals surface area contributed by atoms with Gasteiger partial charge in [-0.05, 0) is 25.3 Å². The summed E-state index contributed by atoms with van der Waals surface area (Å²) in [5.74, 6) is 0.822. The van der Waals surface area contributed by atoms with Gasteiger partial charge >= 0.3 is 0 Å². The number of aromatic nitrogens is 1. The van der Waals surface area contributed by atoms with Crippen LogP contribution >= 0.6 is 34.4 Å². The molecule has 0 radical (unpaired) electrons. The molecule has 1 aromatic carbocycles. The lowest BCUT2D eigenvalue weighted by Gasteiger charge is -2.10. The van der Waals surface area contributed by atoms with Crippen LogP contribution in [0.5, 0.6) is 0 Å². The second-order valence-corrected chi connectivity index (χ2v) is 8.98. The summed E-state index contributed by atoms with van der Waals surface area (Å²) in [5, 5.41) is 8.03. The van der Waals surface area contributed by atoms with Crippen molar-refractivity contribution in [1.82, 2.24) is 10.3 Å². The topological polar surface area (TPSA) is 42.0 Å². The first-order valence-corrected chi connectivity index (χ1v) is 10.9. The summed E-state index contributed by atoms with van der Waals surface area (Å²) in [6.07, 6.45) is 0. The minimum Gasteiger partial charge on any atom is -0.350 e. The quantitative estimate of drug-likeness (QED) is 0.611. The molecule has 3 rings (SSSR count). The van der Waals surface area contributed by atoms with E-state index in [0.717, 1.165) is 22.0 Å². The molecule has 0 aliphatic rings. The molecule has 2 heterocycles. The number of thiophene rings is 1. The molecule has 0 spiro atoms. The van der Waals surface area contributed by atoms with E-state index >= 15 is 0 Å². The van der Waals surface area contributed by atoms with E-state index in [1.54, 1.807) is 34.4 Å². The number of rotatable bonds is 7. The summed E-state index contributed by atoms with van der Waals surface area (Å²) in [7, 11) is 0. The molecule has 130 valence electrons. The number of carbonyl (C=O) groups is 1. The van der Waals surface area contributed by atoms with Crippen LogP contribution in [-0.2, 0) is 17.1 Å². The largest absolute Gasteiger partial charge is 0.350 e. The van der Waals surface area contributed by atoms with Crippen molar-refractivity contribution >= 4 is 40.3 Å². The van der Waals surface area contributed by atoms with Crippen LogP contribution in [0.1, 0.15) is 23.1 Å². The summed E-state index contributed by atoms with van der Waals surface area (Å²) in [4.78, 5) is 18.0. The summed E-state index contributed by atoms with van der Waals surface area (Å²) in [5.41, 5.74) is 3.43. The minimum absolute atomic E-state index is 0.0763. The first-order chi connectivity index (χ1) is 12.1. The molecule has 1 atom stereocenters. The maximum atomic E-state index is 12.2. The summed E-state index contributed by atoms with van der Waals surface area (Å²) in [6.45, 7) is 4.63. The van der Waals surface area contributed by atoms with Crippen molar-refractivity contribution in [2.45, 2.75) is 31.4 Å². The lowest BCUT2D eigenvalue weighted by molar-refractivity contribution is -0.120. The molecule has 0 fully saturated rings. The molecular weight excluding hydrogens is 368 g/mol. The predicted molar refractivity (Wildman–Crippen MR) is 109 cm³/mol. The number of nitrogens with zero attached hydrogens (tertiary/aromatic N) is 1. The summed E-state index contributed by atoms with van der Waals surface area (Å²) >= 11 is 4.93. The Morgan fingerprint density at radius 3 is 2.76 bits per heavy atom. The van der Waals surface area contributed by atoms with Gasteiger partial charge in [0, 0.05) is 21.6 Å². The van der Waals surface area contributed by atoms with Crippen molar-refractivity contribution in [1.29, 1.82) is 0 Å². The molecule has 0 saturated carbocycles. The molecule has 2 aromatic heterocycles. The Morgan fingerprint density at radius 2 is 2.04 bits per heavy atom. The van der Waals surface area contributed by atoms with E-state index in [2.05, 4.69) is 41.9 Å². The van der Waals surface area contributed by atoms with Crippen molar-refractivity contribution in [3.63, 3.8) is 0 Å². The van der Waals surface area contributed by atoms with Crippen molar-refractivity contribution in [2.75, 3.05) is 0 Å². The number of aryl methyl sites for hydroxylation is 1. The first kappa shape index (κ1) is 18.2. The zero-order chi connectivity index (χ0) is 17.6. The van der Waals surface area contributed by atoms with Gasteiger partial charge in [0.05, 0.1) is 17.5 Å². The van der Waals surface area contributed by atoms with Gasteiger partial charge in [0.15, 0.2) is 0 Å². The van der Waals surface area contributed by atoms with Crippen molar-refractivity contribution in [2.24, 2.45) is 0 Å². The van der Waals surface area contributed by atoms with Gasteiger partial charge in [-0.25, -0.2) is 4.98 Å². The number of amides is 1. The Hall–Kier alpha value is -1.63. The molecule has 0 saturated heterocycles. The molecule has 0 aliphatic carbocycles. The lowest BCUT2D eigenvalue weighted by atomic mass is 10.2. The first-order valence-electron chi connectivity index (χ1n) is 8.05. The van der Waals surface area contributed by atoms with E-state index in [1.807, 2.05) is 24.4 Å². The van der Waals surface area contributed by atoms with Gasteiger partial charge in [0.2, 0.25) is 5.91 Å². The second-order valence-electron chi connectivity index (χ2n) is 5.76. The van der Waals surface area contributed by atoms with Crippen molar-refractivity contribution in [3.8, 4) is 10.6 Å². The molecule has 25 heavy (non-hydrogen) atoms.